The van der Waals surface area contributed by atoms with Gasteiger partial charge in [0.15, 0.2) is 0 Å². The van der Waals surface area contributed by atoms with E-state index in [-0.39, 0.29) is 5.91 Å². The highest BCUT2D eigenvalue weighted by molar-refractivity contribution is 5.94. The summed E-state index contributed by atoms with van der Waals surface area (Å²) in [5.41, 5.74) is 9.44. The maximum atomic E-state index is 12.8. The predicted octanol–water partition coefficient (Wildman–Crippen LogP) is 3.00. The minimum Gasteiger partial charge on any atom is -0.383 e. The van der Waals surface area contributed by atoms with Crippen molar-refractivity contribution in [1.82, 2.24) is 29.8 Å². The Kier molecular flexibility index (Phi) is 5.83. The van der Waals surface area contributed by atoms with E-state index >= 15 is 0 Å². The number of amides is 1. The Morgan fingerprint density at radius 1 is 1.06 bits per heavy atom. The van der Waals surface area contributed by atoms with Crippen LogP contribution in [0.15, 0.2) is 43.0 Å². The van der Waals surface area contributed by atoms with Crippen LogP contribution in [0.2, 0.25) is 0 Å². The van der Waals surface area contributed by atoms with Crippen LogP contribution in [0.4, 0.5) is 11.8 Å². The Balaban J connectivity index is 1.25. The van der Waals surface area contributed by atoms with Crippen LogP contribution < -0.4 is 16.0 Å². The highest BCUT2D eigenvalue weighted by Crippen LogP contribution is 2.25. The first kappa shape index (κ1) is 21.8. The highest BCUT2D eigenvalue weighted by atomic mass is 16.1. The highest BCUT2D eigenvalue weighted by Gasteiger charge is 2.16. The van der Waals surface area contributed by atoms with Crippen LogP contribution >= 0.6 is 0 Å². The van der Waals surface area contributed by atoms with E-state index in [4.69, 9.17) is 5.73 Å². The number of nitrogens with two attached hydrogens (primary N) is 1. The first-order valence-electron chi connectivity index (χ1n) is 11.5. The number of carbonyl (C=O) groups excluding carboxylic acids is 1. The Bertz CT molecular complexity index is 1340. The van der Waals surface area contributed by atoms with E-state index in [1.54, 1.807) is 12.4 Å². The van der Waals surface area contributed by atoms with Crippen molar-refractivity contribution in [2.45, 2.75) is 39.8 Å². The third kappa shape index (κ3) is 4.28. The molecule has 3 aromatic heterocycles. The Hall–Kier alpha value is -4.01. The lowest BCUT2D eigenvalue weighted by Crippen LogP contribution is -2.23. The molecular formula is C25H28N8O. The summed E-state index contributed by atoms with van der Waals surface area (Å²) >= 11 is 0. The third-order valence-corrected chi connectivity index (χ3v) is 6.44. The largest absolute Gasteiger partial charge is 0.383 e. The van der Waals surface area contributed by atoms with Crippen molar-refractivity contribution in [3.05, 3.63) is 71.2 Å². The number of anilines is 2. The maximum absolute atomic E-state index is 12.8. The van der Waals surface area contributed by atoms with Crippen LogP contribution in [0, 0.1) is 13.8 Å². The number of aromatic nitrogens is 5. The van der Waals surface area contributed by atoms with Gasteiger partial charge in [-0.25, -0.2) is 19.9 Å². The summed E-state index contributed by atoms with van der Waals surface area (Å²) in [4.78, 5) is 32.7. The van der Waals surface area contributed by atoms with Crippen molar-refractivity contribution in [2.75, 3.05) is 23.7 Å². The average molecular weight is 457 g/mol. The van der Waals surface area contributed by atoms with Crippen LogP contribution in [-0.2, 0) is 13.1 Å². The zero-order valence-electron chi connectivity index (χ0n) is 19.5. The Morgan fingerprint density at radius 2 is 1.82 bits per heavy atom. The van der Waals surface area contributed by atoms with E-state index in [0.717, 1.165) is 52.3 Å². The summed E-state index contributed by atoms with van der Waals surface area (Å²) < 4.78 is 1.94. The second kappa shape index (κ2) is 9.09. The fraction of sp³-hybridized carbons (Fsp3) is 0.320. The molecule has 0 radical (unpaired) electrons. The number of imidazole rings is 1. The Morgan fingerprint density at radius 3 is 2.59 bits per heavy atom. The molecule has 5 rings (SSSR count). The summed E-state index contributed by atoms with van der Waals surface area (Å²) in [5, 5.41) is 4.94. The fourth-order valence-corrected chi connectivity index (χ4v) is 4.42. The molecule has 1 aliphatic heterocycles. The lowest BCUT2D eigenvalue weighted by molar-refractivity contribution is 0.0946. The molecule has 3 N–H and O–H groups in total. The van der Waals surface area contributed by atoms with Gasteiger partial charge in [-0.15, -0.1) is 0 Å². The van der Waals surface area contributed by atoms with Gasteiger partial charge in [-0.1, -0.05) is 12.1 Å². The molecule has 0 aliphatic carbocycles. The molecule has 34 heavy (non-hydrogen) atoms. The smallest absolute Gasteiger partial charge is 0.271 e. The van der Waals surface area contributed by atoms with E-state index in [1.165, 1.54) is 12.8 Å². The van der Waals surface area contributed by atoms with Crippen LogP contribution in [0.3, 0.4) is 0 Å². The molecule has 0 unspecified atom stereocenters. The second-order valence-corrected chi connectivity index (χ2v) is 8.71. The lowest BCUT2D eigenvalue weighted by atomic mass is 10.0. The molecule has 0 bridgehead atoms. The van der Waals surface area contributed by atoms with Gasteiger partial charge in [0, 0.05) is 55.4 Å². The molecule has 4 aromatic rings. The number of hydrogen-bond acceptors (Lipinski definition) is 7. The standard InChI is InChI=1S/C25H28N8O/c1-16-19(5-6-21-20(16)7-8-27-23(21)26)13-28-24(34)22-15-33(17(2)31-22)14-18-11-29-25(30-12-18)32-9-3-4-10-32/h5-8,11-12,15H,3-4,9-10,13-14H2,1-2H3,(H2,26,27)(H,28,34). The zero-order chi connectivity index (χ0) is 23.7. The summed E-state index contributed by atoms with van der Waals surface area (Å²) in [6.07, 6.45) is 9.56. The normalized spacial score (nSPS) is 13.5. The van der Waals surface area contributed by atoms with E-state index < -0.39 is 0 Å². The molecule has 1 aliphatic rings. The fourth-order valence-electron chi connectivity index (χ4n) is 4.42. The van der Waals surface area contributed by atoms with Gasteiger partial charge in [-0.3, -0.25) is 4.79 Å². The monoisotopic (exact) mass is 456 g/mol. The number of pyridine rings is 1. The molecule has 1 amide bonds. The molecule has 1 saturated heterocycles. The van der Waals surface area contributed by atoms with Crippen molar-refractivity contribution in [2.24, 2.45) is 0 Å². The number of rotatable bonds is 6. The molecule has 1 fully saturated rings. The molecule has 0 atom stereocenters. The molecule has 4 heterocycles. The summed E-state index contributed by atoms with van der Waals surface area (Å²) in [6.45, 7) is 6.92. The van der Waals surface area contributed by atoms with Gasteiger partial charge in [0.25, 0.3) is 5.91 Å². The van der Waals surface area contributed by atoms with Crippen LogP contribution in [0.25, 0.3) is 10.8 Å². The van der Waals surface area contributed by atoms with Crippen LogP contribution in [0.1, 0.15) is 45.8 Å². The molecule has 0 spiro atoms. The quantitative estimate of drug-likeness (QED) is 0.458. The number of carbonyl (C=O) groups is 1. The Labute approximate surface area is 198 Å². The average Bonchev–Trinajstić information content (AvgIpc) is 3.50. The maximum Gasteiger partial charge on any atom is 0.271 e. The minimum atomic E-state index is -0.212. The van der Waals surface area contributed by atoms with Gasteiger partial charge in [0.05, 0.1) is 6.54 Å². The molecule has 9 nitrogen and oxygen atoms in total. The first-order chi connectivity index (χ1) is 16.5. The molecule has 0 saturated carbocycles. The van der Waals surface area contributed by atoms with Crippen molar-refractivity contribution >= 4 is 28.4 Å². The van der Waals surface area contributed by atoms with Crippen LogP contribution in [0.5, 0.6) is 0 Å². The van der Waals surface area contributed by atoms with E-state index in [9.17, 15) is 4.79 Å². The third-order valence-electron chi connectivity index (χ3n) is 6.44. The number of nitrogens with zero attached hydrogens (tertiary/aromatic N) is 6. The minimum absolute atomic E-state index is 0.212. The second-order valence-electron chi connectivity index (χ2n) is 8.71. The van der Waals surface area contributed by atoms with Gasteiger partial charge in [-0.2, -0.15) is 0 Å². The van der Waals surface area contributed by atoms with Gasteiger partial charge in [-0.05, 0) is 49.3 Å². The number of nitrogens with one attached hydrogen (secondary N) is 1. The lowest BCUT2D eigenvalue weighted by Gasteiger charge is -2.14. The van der Waals surface area contributed by atoms with Crippen molar-refractivity contribution in [1.29, 1.82) is 0 Å². The van der Waals surface area contributed by atoms with Crippen molar-refractivity contribution in [3.8, 4) is 0 Å². The molecular weight excluding hydrogens is 428 g/mol. The number of aryl methyl sites for hydroxylation is 2. The molecule has 9 heteroatoms. The number of benzene rings is 1. The van der Waals surface area contributed by atoms with Crippen LogP contribution in [-0.4, -0.2) is 43.5 Å². The first-order valence-corrected chi connectivity index (χ1v) is 11.5. The summed E-state index contributed by atoms with van der Waals surface area (Å²) in [5.74, 6) is 1.84. The van der Waals surface area contributed by atoms with E-state index in [0.29, 0.717) is 24.6 Å². The van der Waals surface area contributed by atoms with Crippen molar-refractivity contribution in [3.63, 3.8) is 0 Å². The number of nitrogen functional groups attached to an aromatic ring is 1. The molecule has 174 valence electrons. The van der Waals surface area contributed by atoms with E-state index in [2.05, 4.69) is 30.2 Å². The van der Waals surface area contributed by atoms with Gasteiger partial charge < -0.3 is 20.5 Å². The number of fused-ring (bicyclic) bond motifs is 1. The van der Waals surface area contributed by atoms with Crippen molar-refractivity contribution < 1.29 is 4.79 Å². The van der Waals surface area contributed by atoms with Gasteiger partial charge in [0.1, 0.15) is 17.3 Å². The summed E-state index contributed by atoms with van der Waals surface area (Å²) in [6, 6.07) is 5.87. The van der Waals surface area contributed by atoms with Gasteiger partial charge in [0.2, 0.25) is 5.95 Å². The summed E-state index contributed by atoms with van der Waals surface area (Å²) in [7, 11) is 0. The van der Waals surface area contributed by atoms with E-state index in [1.807, 2.05) is 49.0 Å². The predicted molar refractivity (Wildman–Crippen MR) is 132 cm³/mol. The topological polar surface area (TPSA) is 115 Å². The SMILES string of the molecule is Cc1c(CNC(=O)c2cn(Cc3cnc(N4CCCC4)nc3)c(C)n2)ccc2c(N)nccc12. The molecule has 1 aromatic carbocycles. The zero-order valence-corrected chi connectivity index (χ0v) is 19.5. The van der Waals surface area contributed by atoms with Gasteiger partial charge >= 0.3 is 0 Å². The number of hydrogen-bond donors (Lipinski definition) is 2.